The topological polar surface area (TPSA) is 69.6 Å². The Morgan fingerprint density at radius 3 is 2.86 bits per heavy atom. The van der Waals surface area contributed by atoms with Crippen LogP contribution in [0.1, 0.15) is 19.8 Å². The summed E-state index contributed by atoms with van der Waals surface area (Å²) < 4.78 is 0. The lowest BCUT2D eigenvalue weighted by atomic mass is 10.1. The summed E-state index contributed by atoms with van der Waals surface area (Å²) in [5.74, 6) is -0.795. The number of likely N-dealkylation sites (tertiary alicyclic amines) is 1. The van der Waals surface area contributed by atoms with E-state index >= 15 is 0 Å². The molecule has 0 aliphatic carbocycles. The van der Waals surface area contributed by atoms with Gasteiger partial charge in [0.25, 0.3) is 0 Å². The molecule has 0 aromatic carbocycles. The van der Waals surface area contributed by atoms with Crippen molar-refractivity contribution in [2.45, 2.75) is 25.8 Å². The van der Waals surface area contributed by atoms with Gasteiger partial charge < -0.3 is 15.3 Å². The van der Waals surface area contributed by atoms with Crippen LogP contribution in [0.15, 0.2) is 0 Å². The van der Waals surface area contributed by atoms with E-state index in [2.05, 4.69) is 5.32 Å². The second-order valence-corrected chi connectivity index (χ2v) is 3.58. The van der Waals surface area contributed by atoms with E-state index in [4.69, 9.17) is 5.11 Å². The van der Waals surface area contributed by atoms with E-state index in [0.29, 0.717) is 6.54 Å². The Balaban J connectivity index is 2.32. The maximum absolute atomic E-state index is 11.1. The number of nitrogens with one attached hydrogen (secondary N) is 1. The van der Waals surface area contributed by atoms with Crippen molar-refractivity contribution in [1.29, 1.82) is 0 Å². The van der Waals surface area contributed by atoms with Crippen LogP contribution in [0.4, 0.5) is 0 Å². The third-order valence-electron chi connectivity index (χ3n) is 2.41. The molecule has 1 aliphatic rings. The van der Waals surface area contributed by atoms with Crippen LogP contribution >= 0.6 is 0 Å². The largest absolute Gasteiger partial charge is 0.480 e. The zero-order valence-electron chi connectivity index (χ0n) is 8.32. The van der Waals surface area contributed by atoms with Crippen LogP contribution in [0.25, 0.3) is 0 Å². The van der Waals surface area contributed by atoms with Crippen molar-refractivity contribution < 1.29 is 14.7 Å². The highest BCUT2D eigenvalue weighted by molar-refractivity contribution is 5.73. The number of carboxylic acids is 1. The van der Waals surface area contributed by atoms with Crippen molar-refractivity contribution in [3.05, 3.63) is 0 Å². The highest BCUT2D eigenvalue weighted by atomic mass is 16.4. The molecule has 5 nitrogen and oxygen atoms in total. The van der Waals surface area contributed by atoms with Crippen LogP contribution in [0.5, 0.6) is 0 Å². The predicted molar refractivity (Wildman–Crippen MR) is 50.9 cm³/mol. The molecule has 0 aromatic heterocycles. The maximum Gasteiger partial charge on any atom is 0.317 e. The maximum atomic E-state index is 11.1. The van der Waals surface area contributed by atoms with Crippen molar-refractivity contribution in [1.82, 2.24) is 10.2 Å². The summed E-state index contributed by atoms with van der Waals surface area (Å²) in [6.07, 6.45) is 1.88. The second kappa shape index (κ2) is 4.95. The van der Waals surface area contributed by atoms with Gasteiger partial charge in [0.2, 0.25) is 5.91 Å². The molecule has 1 amide bonds. The number of aliphatic carboxylic acids is 1. The summed E-state index contributed by atoms with van der Waals surface area (Å²) in [7, 11) is 0. The van der Waals surface area contributed by atoms with Crippen LogP contribution in [0.3, 0.4) is 0 Å². The van der Waals surface area contributed by atoms with Gasteiger partial charge in [0.15, 0.2) is 0 Å². The number of hydrogen-bond acceptors (Lipinski definition) is 3. The normalized spacial score (nSPS) is 22.1. The zero-order valence-corrected chi connectivity index (χ0v) is 8.32. The summed E-state index contributed by atoms with van der Waals surface area (Å²) in [5.41, 5.74) is 0. The van der Waals surface area contributed by atoms with Crippen molar-refractivity contribution in [3.63, 3.8) is 0 Å². The minimum atomic E-state index is -0.857. The van der Waals surface area contributed by atoms with Crippen LogP contribution < -0.4 is 5.32 Å². The van der Waals surface area contributed by atoms with Crippen LogP contribution in [-0.4, -0.2) is 47.6 Å². The predicted octanol–water partition coefficient (Wildman–Crippen LogP) is -0.328. The monoisotopic (exact) mass is 200 g/mol. The van der Waals surface area contributed by atoms with Gasteiger partial charge in [0, 0.05) is 26.1 Å². The fourth-order valence-corrected chi connectivity index (χ4v) is 1.66. The van der Waals surface area contributed by atoms with Gasteiger partial charge in [-0.1, -0.05) is 0 Å². The lowest BCUT2D eigenvalue weighted by molar-refractivity contribution is -0.136. The Morgan fingerprint density at radius 1 is 1.57 bits per heavy atom. The molecule has 0 saturated carbocycles. The molecule has 5 heteroatoms. The Bertz CT molecular complexity index is 230. The van der Waals surface area contributed by atoms with E-state index in [1.165, 1.54) is 0 Å². The number of hydrogen-bond donors (Lipinski definition) is 2. The van der Waals surface area contributed by atoms with Gasteiger partial charge in [-0.3, -0.25) is 9.59 Å². The van der Waals surface area contributed by atoms with Gasteiger partial charge in [-0.25, -0.2) is 0 Å². The first kappa shape index (κ1) is 11.0. The summed E-state index contributed by atoms with van der Waals surface area (Å²) >= 11 is 0. The minimum Gasteiger partial charge on any atom is -0.480 e. The third-order valence-corrected chi connectivity index (χ3v) is 2.41. The minimum absolute atomic E-state index is 0.0313. The average Bonchev–Trinajstić information content (AvgIpc) is 2.15. The Hall–Kier alpha value is -1.10. The van der Waals surface area contributed by atoms with E-state index in [0.717, 1.165) is 19.4 Å². The molecule has 1 rings (SSSR count). The average molecular weight is 200 g/mol. The molecule has 1 aliphatic heterocycles. The van der Waals surface area contributed by atoms with Crippen LogP contribution in [0, 0.1) is 0 Å². The molecule has 1 fully saturated rings. The van der Waals surface area contributed by atoms with Gasteiger partial charge >= 0.3 is 5.97 Å². The Labute approximate surface area is 83.1 Å². The number of carboxylic acid groups (broad SMARTS) is 1. The third kappa shape index (κ3) is 3.33. The fraction of sp³-hybridized carbons (Fsp3) is 0.778. The molecule has 0 aromatic rings. The second-order valence-electron chi connectivity index (χ2n) is 3.58. The molecule has 0 bridgehead atoms. The molecule has 0 spiro atoms. The van der Waals surface area contributed by atoms with Gasteiger partial charge in [-0.15, -0.1) is 0 Å². The molecule has 80 valence electrons. The van der Waals surface area contributed by atoms with Crippen LogP contribution in [-0.2, 0) is 9.59 Å². The summed E-state index contributed by atoms with van der Waals surface area (Å²) in [6, 6.07) is 0.128. The molecular formula is C9H16N2O3. The SMILES string of the molecule is CC(=O)N1CCCC(NCC(=O)O)C1. The Morgan fingerprint density at radius 2 is 2.29 bits per heavy atom. The fourth-order valence-electron chi connectivity index (χ4n) is 1.66. The van der Waals surface area contributed by atoms with E-state index in [1.54, 1.807) is 11.8 Å². The molecule has 14 heavy (non-hydrogen) atoms. The van der Waals surface area contributed by atoms with Gasteiger partial charge in [-0.05, 0) is 12.8 Å². The summed E-state index contributed by atoms with van der Waals surface area (Å²) in [5, 5.41) is 11.4. The Kier molecular flexibility index (Phi) is 3.88. The quantitative estimate of drug-likeness (QED) is 0.654. The van der Waals surface area contributed by atoms with E-state index in [1.807, 2.05) is 0 Å². The van der Waals surface area contributed by atoms with E-state index < -0.39 is 5.97 Å². The lowest BCUT2D eigenvalue weighted by Crippen LogP contribution is -2.48. The molecule has 1 atom stereocenters. The number of carbonyl (C=O) groups is 2. The first-order valence-electron chi connectivity index (χ1n) is 4.80. The highest BCUT2D eigenvalue weighted by Crippen LogP contribution is 2.09. The number of piperidine rings is 1. The molecule has 1 saturated heterocycles. The van der Waals surface area contributed by atoms with Crippen molar-refractivity contribution in [2.24, 2.45) is 0 Å². The number of rotatable bonds is 3. The standard InChI is InChI=1S/C9H16N2O3/c1-7(12)11-4-2-3-8(6-11)10-5-9(13)14/h8,10H,2-6H2,1H3,(H,13,14). The van der Waals surface area contributed by atoms with E-state index in [-0.39, 0.29) is 18.5 Å². The van der Waals surface area contributed by atoms with Gasteiger partial charge in [0.1, 0.15) is 0 Å². The zero-order chi connectivity index (χ0) is 10.6. The molecule has 1 unspecified atom stereocenters. The van der Waals surface area contributed by atoms with E-state index in [9.17, 15) is 9.59 Å². The first-order valence-corrected chi connectivity index (χ1v) is 4.80. The lowest BCUT2D eigenvalue weighted by Gasteiger charge is -2.32. The van der Waals surface area contributed by atoms with Crippen molar-refractivity contribution in [3.8, 4) is 0 Å². The summed E-state index contributed by atoms with van der Waals surface area (Å²) in [4.78, 5) is 23.1. The van der Waals surface area contributed by atoms with Crippen LogP contribution in [0.2, 0.25) is 0 Å². The molecule has 1 heterocycles. The molecule has 0 radical (unpaired) electrons. The summed E-state index contributed by atoms with van der Waals surface area (Å²) in [6.45, 7) is 2.93. The van der Waals surface area contributed by atoms with Crippen molar-refractivity contribution >= 4 is 11.9 Å². The number of carbonyl (C=O) groups excluding carboxylic acids is 1. The first-order chi connectivity index (χ1) is 6.59. The highest BCUT2D eigenvalue weighted by Gasteiger charge is 2.21. The van der Waals surface area contributed by atoms with Gasteiger partial charge in [-0.2, -0.15) is 0 Å². The molecule has 2 N–H and O–H groups in total. The number of amides is 1. The van der Waals surface area contributed by atoms with Gasteiger partial charge in [0.05, 0.1) is 6.54 Å². The number of nitrogens with zero attached hydrogens (tertiary/aromatic N) is 1. The smallest absolute Gasteiger partial charge is 0.317 e. The van der Waals surface area contributed by atoms with Crippen molar-refractivity contribution in [2.75, 3.05) is 19.6 Å². The molecular weight excluding hydrogens is 184 g/mol.